The van der Waals surface area contributed by atoms with E-state index < -0.39 is 0 Å². The number of carbonyl (C=O) groups excluding carboxylic acids is 1. The normalized spacial score (nSPS) is 10.8. The van der Waals surface area contributed by atoms with E-state index >= 15 is 0 Å². The van der Waals surface area contributed by atoms with Crippen LogP contribution in [0.5, 0.6) is 0 Å². The van der Waals surface area contributed by atoms with Gasteiger partial charge in [-0.25, -0.2) is 9.97 Å². The Balaban J connectivity index is 1.65. The van der Waals surface area contributed by atoms with E-state index in [1.54, 1.807) is 18.6 Å². The van der Waals surface area contributed by atoms with Crippen molar-refractivity contribution in [1.82, 2.24) is 15.0 Å². The summed E-state index contributed by atoms with van der Waals surface area (Å²) in [5, 5.41) is 4.06. The van der Waals surface area contributed by atoms with Gasteiger partial charge in [-0.05, 0) is 24.6 Å². The van der Waals surface area contributed by atoms with E-state index in [2.05, 4.69) is 20.3 Å². The highest BCUT2D eigenvalue weighted by Crippen LogP contribution is 2.28. The van der Waals surface area contributed by atoms with Gasteiger partial charge in [-0.3, -0.25) is 4.79 Å². The lowest BCUT2D eigenvalue weighted by Gasteiger charge is -1.99. The molecule has 102 valence electrons. The number of nitrogens with zero attached hydrogens (tertiary/aromatic N) is 2. The number of hydrogen-bond acceptors (Lipinski definition) is 4. The van der Waals surface area contributed by atoms with Crippen molar-refractivity contribution in [2.75, 3.05) is 5.32 Å². The fraction of sp³-hybridized carbons (Fsp3) is 0.154. The summed E-state index contributed by atoms with van der Waals surface area (Å²) in [6.07, 6.45) is 4.33. The average molecular weight is 307 g/mol. The zero-order valence-electron chi connectivity index (χ0n) is 10.4. The largest absolute Gasteiger partial charge is 0.348 e. The van der Waals surface area contributed by atoms with Crippen LogP contribution in [-0.2, 0) is 11.2 Å². The maximum absolute atomic E-state index is 11.8. The van der Waals surface area contributed by atoms with Gasteiger partial charge in [0.05, 0.1) is 16.5 Å². The number of aryl methyl sites for hydroxylation is 1. The molecule has 1 amide bonds. The first kappa shape index (κ1) is 13.1. The second kappa shape index (κ2) is 5.60. The third-order valence-corrected chi connectivity index (χ3v) is 3.94. The predicted octanol–water partition coefficient (Wildman–Crippen LogP) is 3.24. The van der Waals surface area contributed by atoms with Crippen molar-refractivity contribution < 1.29 is 4.79 Å². The first-order valence-corrected chi connectivity index (χ1v) is 7.23. The summed E-state index contributed by atoms with van der Waals surface area (Å²) in [5.74, 6) is -0.0650. The lowest BCUT2D eigenvalue weighted by Crippen LogP contribution is -2.12. The highest BCUT2D eigenvalue weighted by atomic mass is 35.5. The smallest absolute Gasteiger partial charge is 0.226 e. The number of aromatic amines is 1. The van der Waals surface area contributed by atoms with E-state index in [1.165, 1.54) is 11.3 Å². The van der Waals surface area contributed by atoms with Crippen molar-refractivity contribution in [1.29, 1.82) is 0 Å². The second-order valence-corrected chi connectivity index (χ2v) is 5.72. The number of hydrogen-bond donors (Lipinski definition) is 2. The van der Waals surface area contributed by atoms with Crippen molar-refractivity contribution in [2.45, 2.75) is 12.8 Å². The minimum absolute atomic E-state index is 0.0650. The van der Waals surface area contributed by atoms with Gasteiger partial charge in [-0.2, -0.15) is 0 Å². The van der Waals surface area contributed by atoms with Crippen LogP contribution in [0.3, 0.4) is 0 Å². The monoisotopic (exact) mass is 306 g/mol. The molecule has 2 aromatic heterocycles. The maximum Gasteiger partial charge on any atom is 0.226 e. The molecule has 0 saturated carbocycles. The number of fused-ring (bicyclic) bond motifs is 1. The maximum atomic E-state index is 11.8. The fourth-order valence-corrected chi connectivity index (χ4v) is 2.96. The van der Waals surface area contributed by atoms with E-state index in [-0.39, 0.29) is 5.91 Å². The molecule has 0 unspecified atom stereocenters. The highest BCUT2D eigenvalue weighted by Gasteiger charge is 2.08. The first-order valence-electron chi connectivity index (χ1n) is 6.04. The lowest BCUT2D eigenvalue weighted by atomic mass is 10.2. The summed E-state index contributed by atoms with van der Waals surface area (Å²) in [6, 6.07) is 5.47. The average Bonchev–Trinajstić information content (AvgIpc) is 3.04. The summed E-state index contributed by atoms with van der Waals surface area (Å²) in [5.41, 5.74) is 1.78. The van der Waals surface area contributed by atoms with Crippen LogP contribution < -0.4 is 5.32 Å². The predicted molar refractivity (Wildman–Crippen MR) is 80.2 cm³/mol. The molecule has 3 aromatic rings. The highest BCUT2D eigenvalue weighted by molar-refractivity contribution is 7.22. The van der Waals surface area contributed by atoms with Crippen molar-refractivity contribution in [3.05, 3.63) is 41.4 Å². The summed E-state index contributed by atoms with van der Waals surface area (Å²) in [6.45, 7) is 0. The zero-order chi connectivity index (χ0) is 13.9. The Morgan fingerprint density at radius 1 is 1.45 bits per heavy atom. The third kappa shape index (κ3) is 2.97. The molecule has 0 aliphatic rings. The number of amides is 1. The van der Waals surface area contributed by atoms with Crippen molar-refractivity contribution >= 4 is 44.2 Å². The van der Waals surface area contributed by atoms with Crippen molar-refractivity contribution in [3.8, 4) is 0 Å². The lowest BCUT2D eigenvalue weighted by molar-refractivity contribution is -0.116. The Kier molecular flexibility index (Phi) is 3.66. The van der Waals surface area contributed by atoms with Gasteiger partial charge in [-0.1, -0.05) is 22.9 Å². The molecule has 0 bridgehead atoms. The molecule has 2 heterocycles. The molecule has 0 spiro atoms. The number of carbonyl (C=O) groups is 1. The molecule has 1 aromatic carbocycles. The van der Waals surface area contributed by atoms with Crippen LogP contribution in [0.15, 0.2) is 30.7 Å². The van der Waals surface area contributed by atoms with Crippen LogP contribution in [0.25, 0.3) is 10.2 Å². The van der Waals surface area contributed by atoms with Crippen molar-refractivity contribution in [3.63, 3.8) is 0 Å². The molecule has 0 aliphatic carbocycles. The van der Waals surface area contributed by atoms with Crippen LogP contribution in [0.2, 0.25) is 5.02 Å². The Morgan fingerprint density at radius 2 is 2.35 bits per heavy atom. The van der Waals surface area contributed by atoms with E-state index in [1.807, 2.05) is 12.1 Å². The molecule has 3 rings (SSSR count). The molecule has 0 atom stereocenters. The number of thiazole rings is 1. The number of nitrogens with one attached hydrogen (secondary N) is 2. The van der Waals surface area contributed by atoms with Crippen LogP contribution in [0.4, 0.5) is 5.13 Å². The van der Waals surface area contributed by atoms with Gasteiger partial charge in [-0.15, -0.1) is 0 Å². The number of benzene rings is 1. The molecule has 20 heavy (non-hydrogen) atoms. The van der Waals surface area contributed by atoms with Crippen molar-refractivity contribution in [2.24, 2.45) is 0 Å². The minimum Gasteiger partial charge on any atom is -0.348 e. The number of H-pyrrole nitrogens is 1. The second-order valence-electron chi connectivity index (χ2n) is 4.26. The number of aromatic nitrogens is 3. The summed E-state index contributed by atoms with van der Waals surface area (Å²) >= 11 is 7.34. The molecule has 0 radical (unpaired) electrons. The Bertz CT molecular complexity index is 738. The number of anilines is 1. The third-order valence-electron chi connectivity index (χ3n) is 2.77. The molecule has 0 saturated heterocycles. The van der Waals surface area contributed by atoms with Gasteiger partial charge in [0, 0.05) is 23.3 Å². The Morgan fingerprint density at radius 3 is 3.15 bits per heavy atom. The van der Waals surface area contributed by atoms with Crippen LogP contribution in [0, 0.1) is 0 Å². The van der Waals surface area contributed by atoms with Crippen LogP contribution >= 0.6 is 22.9 Å². The molecular weight excluding hydrogens is 296 g/mol. The number of rotatable bonds is 4. The fourth-order valence-electron chi connectivity index (χ4n) is 1.80. The first-order chi connectivity index (χ1) is 9.70. The van der Waals surface area contributed by atoms with Gasteiger partial charge in [0.1, 0.15) is 0 Å². The van der Waals surface area contributed by atoms with E-state index in [4.69, 9.17) is 11.6 Å². The summed E-state index contributed by atoms with van der Waals surface area (Å²) in [7, 11) is 0. The molecular formula is C13H11ClN4OS. The number of imidazole rings is 1. The van der Waals surface area contributed by atoms with Crippen LogP contribution in [0.1, 0.15) is 12.1 Å². The molecule has 7 heteroatoms. The van der Waals surface area contributed by atoms with Crippen LogP contribution in [-0.4, -0.2) is 20.9 Å². The SMILES string of the molecule is O=C(CCc1cnc[nH]1)Nc1nc2ccc(Cl)cc2s1. The van der Waals surface area contributed by atoms with Gasteiger partial charge >= 0.3 is 0 Å². The minimum atomic E-state index is -0.0650. The van der Waals surface area contributed by atoms with Gasteiger partial charge in [0.2, 0.25) is 5.91 Å². The van der Waals surface area contributed by atoms with E-state index in [0.717, 1.165) is 15.9 Å². The molecule has 0 fully saturated rings. The summed E-state index contributed by atoms with van der Waals surface area (Å²) in [4.78, 5) is 23.1. The van der Waals surface area contributed by atoms with Gasteiger partial charge in [0.25, 0.3) is 0 Å². The molecule has 0 aliphatic heterocycles. The summed E-state index contributed by atoms with van der Waals surface area (Å²) < 4.78 is 0.960. The molecule has 2 N–H and O–H groups in total. The Hall–Kier alpha value is -1.92. The van der Waals surface area contributed by atoms with Gasteiger partial charge in [0.15, 0.2) is 5.13 Å². The van der Waals surface area contributed by atoms with Gasteiger partial charge < -0.3 is 10.3 Å². The quantitative estimate of drug-likeness (QED) is 0.777. The standard InChI is InChI=1S/C13H11ClN4OS/c14-8-1-3-10-11(5-8)20-13(17-10)18-12(19)4-2-9-6-15-7-16-9/h1,3,5-7H,2,4H2,(H,15,16)(H,17,18,19). The topological polar surface area (TPSA) is 70.7 Å². The number of halogens is 1. The van der Waals surface area contributed by atoms with E-state index in [0.29, 0.717) is 23.0 Å². The Labute approximate surface area is 124 Å². The van der Waals surface area contributed by atoms with E-state index in [9.17, 15) is 4.79 Å². The zero-order valence-corrected chi connectivity index (χ0v) is 12.0. The molecule has 5 nitrogen and oxygen atoms in total.